The van der Waals surface area contributed by atoms with E-state index in [1.165, 1.54) is 41.6 Å². The predicted octanol–water partition coefficient (Wildman–Crippen LogP) is 5.87. The highest BCUT2D eigenvalue weighted by Gasteiger charge is 2.00. The zero-order valence-corrected chi connectivity index (χ0v) is 14.7. The van der Waals surface area contributed by atoms with Gasteiger partial charge in [-0.1, -0.05) is 50.5 Å². The largest absolute Gasteiger partial charge is 0.494 e. The maximum atomic E-state index is 5.78. The standard InChI is InChI=1S/C21H29NO/c1-4-5-6-7-14-23-20-12-10-19(11-13-20)16-22-21-15-17(2)8-9-18(21)3/h8-13,15,22H,4-7,14,16H2,1-3H3. The molecule has 2 rings (SSSR count). The summed E-state index contributed by atoms with van der Waals surface area (Å²) in [6.07, 6.45) is 4.96. The van der Waals surface area contributed by atoms with Crippen molar-refractivity contribution in [2.45, 2.75) is 53.0 Å². The maximum absolute atomic E-state index is 5.78. The third-order valence-electron chi connectivity index (χ3n) is 4.07. The van der Waals surface area contributed by atoms with Crippen LogP contribution < -0.4 is 10.1 Å². The Bertz CT molecular complexity index is 589. The van der Waals surface area contributed by atoms with Crippen LogP contribution in [-0.2, 0) is 6.54 Å². The van der Waals surface area contributed by atoms with Gasteiger partial charge in [-0.3, -0.25) is 0 Å². The lowest BCUT2D eigenvalue weighted by Crippen LogP contribution is -2.02. The first-order valence-electron chi connectivity index (χ1n) is 8.72. The average Bonchev–Trinajstić information content (AvgIpc) is 2.56. The quantitative estimate of drug-likeness (QED) is 0.584. The van der Waals surface area contributed by atoms with Crippen molar-refractivity contribution in [1.29, 1.82) is 0 Å². The molecule has 2 nitrogen and oxygen atoms in total. The summed E-state index contributed by atoms with van der Waals surface area (Å²) >= 11 is 0. The molecule has 124 valence electrons. The molecule has 0 heterocycles. The Hall–Kier alpha value is -1.96. The molecule has 0 saturated heterocycles. The van der Waals surface area contributed by atoms with Crippen LogP contribution in [0.25, 0.3) is 0 Å². The number of nitrogens with one attached hydrogen (secondary N) is 1. The maximum Gasteiger partial charge on any atom is 0.119 e. The SMILES string of the molecule is CCCCCCOc1ccc(CNc2cc(C)ccc2C)cc1. The van der Waals surface area contributed by atoms with E-state index in [4.69, 9.17) is 4.74 Å². The summed E-state index contributed by atoms with van der Waals surface area (Å²) in [5, 5.41) is 3.52. The van der Waals surface area contributed by atoms with E-state index in [-0.39, 0.29) is 0 Å². The van der Waals surface area contributed by atoms with E-state index in [1.54, 1.807) is 0 Å². The molecule has 2 aromatic rings. The van der Waals surface area contributed by atoms with E-state index in [1.807, 2.05) is 0 Å². The Kier molecular flexibility index (Phi) is 6.99. The normalized spacial score (nSPS) is 10.6. The molecule has 0 aromatic heterocycles. The molecular formula is C21H29NO. The van der Waals surface area contributed by atoms with Crippen molar-refractivity contribution in [2.75, 3.05) is 11.9 Å². The molecule has 0 fully saturated rings. The van der Waals surface area contributed by atoms with Gasteiger partial charge >= 0.3 is 0 Å². The molecule has 2 aromatic carbocycles. The highest BCUT2D eigenvalue weighted by atomic mass is 16.5. The summed E-state index contributed by atoms with van der Waals surface area (Å²) in [4.78, 5) is 0. The van der Waals surface area contributed by atoms with Gasteiger partial charge in [-0.05, 0) is 55.2 Å². The fourth-order valence-corrected chi connectivity index (χ4v) is 2.55. The smallest absolute Gasteiger partial charge is 0.119 e. The van der Waals surface area contributed by atoms with Crippen LogP contribution >= 0.6 is 0 Å². The first-order chi connectivity index (χ1) is 11.2. The lowest BCUT2D eigenvalue weighted by atomic mass is 10.1. The second kappa shape index (κ2) is 9.24. The average molecular weight is 311 g/mol. The fourth-order valence-electron chi connectivity index (χ4n) is 2.55. The Labute approximate surface area is 140 Å². The Balaban J connectivity index is 1.79. The van der Waals surface area contributed by atoms with Gasteiger partial charge in [0.15, 0.2) is 0 Å². The summed E-state index contributed by atoms with van der Waals surface area (Å²) in [5.74, 6) is 0.969. The van der Waals surface area contributed by atoms with Crippen LogP contribution in [0.1, 0.15) is 49.3 Å². The number of unbranched alkanes of at least 4 members (excludes halogenated alkanes) is 3. The fraction of sp³-hybridized carbons (Fsp3) is 0.429. The van der Waals surface area contributed by atoms with Gasteiger partial charge in [-0.15, -0.1) is 0 Å². The molecule has 0 aliphatic carbocycles. The number of anilines is 1. The number of hydrogen-bond donors (Lipinski definition) is 1. The van der Waals surface area contributed by atoms with Crippen LogP contribution in [-0.4, -0.2) is 6.61 Å². The molecule has 0 unspecified atom stereocenters. The molecule has 1 N–H and O–H groups in total. The summed E-state index contributed by atoms with van der Waals surface area (Å²) in [5.41, 5.74) is 5.04. The molecule has 0 bridgehead atoms. The number of rotatable bonds is 9. The topological polar surface area (TPSA) is 21.3 Å². The summed E-state index contributed by atoms with van der Waals surface area (Å²) < 4.78 is 5.78. The lowest BCUT2D eigenvalue weighted by molar-refractivity contribution is 0.305. The molecule has 0 spiro atoms. The highest BCUT2D eigenvalue weighted by Crippen LogP contribution is 2.18. The summed E-state index contributed by atoms with van der Waals surface area (Å²) in [6, 6.07) is 14.9. The molecular weight excluding hydrogens is 282 g/mol. The van der Waals surface area contributed by atoms with Crippen molar-refractivity contribution >= 4 is 5.69 Å². The van der Waals surface area contributed by atoms with Crippen LogP contribution in [0, 0.1) is 13.8 Å². The van der Waals surface area contributed by atoms with Crippen molar-refractivity contribution in [3.63, 3.8) is 0 Å². The lowest BCUT2D eigenvalue weighted by Gasteiger charge is -2.11. The van der Waals surface area contributed by atoms with Crippen LogP contribution in [0.3, 0.4) is 0 Å². The van der Waals surface area contributed by atoms with E-state index in [0.717, 1.165) is 25.3 Å². The molecule has 0 atom stereocenters. The Morgan fingerprint density at radius 2 is 1.70 bits per heavy atom. The van der Waals surface area contributed by atoms with Crippen LogP contribution in [0.15, 0.2) is 42.5 Å². The minimum Gasteiger partial charge on any atom is -0.494 e. The zero-order chi connectivity index (χ0) is 16.5. The van der Waals surface area contributed by atoms with Crippen LogP contribution in [0.5, 0.6) is 5.75 Å². The predicted molar refractivity (Wildman–Crippen MR) is 99.3 cm³/mol. The minimum atomic E-state index is 0.820. The van der Waals surface area contributed by atoms with Gasteiger partial charge in [-0.25, -0.2) is 0 Å². The molecule has 0 radical (unpaired) electrons. The Morgan fingerprint density at radius 1 is 0.913 bits per heavy atom. The van der Waals surface area contributed by atoms with E-state index in [2.05, 4.69) is 68.6 Å². The number of aryl methyl sites for hydroxylation is 2. The number of hydrogen-bond acceptors (Lipinski definition) is 2. The molecule has 23 heavy (non-hydrogen) atoms. The van der Waals surface area contributed by atoms with Crippen LogP contribution in [0.2, 0.25) is 0 Å². The van der Waals surface area contributed by atoms with Crippen molar-refractivity contribution in [2.24, 2.45) is 0 Å². The first-order valence-corrected chi connectivity index (χ1v) is 8.72. The van der Waals surface area contributed by atoms with Crippen molar-refractivity contribution < 1.29 is 4.74 Å². The summed E-state index contributed by atoms with van der Waals surface area (Å²) in [7, 11) is 0. The second-order valence-electron chi connectivity index (χ2n) is 6.23. The van der Waals surface area contributed by atoms with Crippen molar-refractivity contribution in [3.8, 4) is 5.75 Å². The third-order valence-corrected chi connectivity index (χ3v) is 4.07. The zero-order valence-electron chi connectivity index (χ0n) is 14.7. The van der Waals surface area contributed by atoms with E-state index in [0.29, 0.717) is 0 Å². The van der Waals surface area contributed by atoms with Gasteiger partial charge in [0.25, 0.3) is 0 Å². The number of ether oxygens (including phenoxy) is 1. The van der Waals surface area contributed by atoms with E-state index < -0.39 is 0 Å². The van der Waals surface area contributed by atoms with Gasteiger partial charge in [-0.2, -0.15) is 0 Å². The van der Waals surface area contributed by atoms with E-state index in [9.17, 15) is 0 Å². The van der Waals surface area contributed by atoms with Gasteiger partial charge in [0.1, 0.15) is 5.75 Å². The molecule has 2 heteroatoms. The molecule has 0 amide bonds. The number of benzene rings is 2. The molecule has 0 saturated carbocycles. The minimum absolute atomic E-state index is 0.820. The van der Waals surface area contributed by atoms with E-state index >= 15 is 0 Å². The van der Waals surface area contributed by atoms with Gasteiger partial charge in [0, 0.05) is 12.2 Å². The van der Waals surface area contributed by atoms with Crippen LogP contribution in [0.4, 0.5) is 5.69 Å². The van der Waals surface area contributed by atoms with Gasteiger partial charge < -0.3 is 10.1 Å². The van der Waals surface area contributed by atoms with Crippen molar-refractivity contribution in [1.82, 2.24) is 0 Å². The Morgan fingerprint density at radius 3 is 2.43 bits per heavy atom. The summed E-state index contributed by atoms with van der Waals surface area (Å²) in [6.45, 7) is 8.14. The molecule has 0 aliphatic rings. The first kappa shape index (κ1) is 17.4. The second-order valence-corrected chi connectivity index (χ2v) is 6.23. The van der Waals surface area contributed by atoms with Gasteiger partial charge in [0.2, 0.25) is 0 Å². The van der Waals surface area contributed by atoms with Gasteiger partial charge in [0.05, 0.1) is 6.61 Å². The monoisotopic (exact) mass is 311 g/mol. The van der Waals surface area contributed by atoms with Crippen molar-refractivity contribution in [3.05, 3.63) is 59.2 Å². The third kappa shape index (κ3) is 5.97. The molecule has 0 aliphatic heterocycles. The highest BCUT2D eigenvalue weighted by molar-refractivity contribution is 5.52.